The summed E-state index contributed by atoms with van der Waals surface area (Å²) in [5.74, 6) is 0. The first-order valence-electron chi connectivity index (χ1n) is 8.09. The van der Waals surface area contributed by atoms with Crippen LogP contribution in [0.3, 0.4) is 0 Å². The summed E-state index contributed by atoms with van der Waals surface area (Å²) < 4.78 is 0. The average Bonchev–Trinajstić information content (AvgIpc) is 2.98. The number of para-hydroxylation sites is 1. The van der Waals surface area contributed by atoms with Crippen molar-refractivity contribution in [3.63, 3.8) is 0 Å². The number of hydrogen-bond acceptors (Lipinski definition) is 2. The molecule has 0 atom stereocenters. The minimum Gasteiger partial charge on any atom is -0.355 e. The second-order valence-corrected chi connectivity index (χ2v) is 6.88. The quantitative estimate of drug-likeness (QED) is 0.435. The van der Waals surface area contributed by atoms with Crippen molar-refractivity contribution in [1.82, 2.24) is 9.97 Å². The number of aromatic nitrogens is 2. The van der Waals surface area contributed by atoms with Gasteiger partial charge in [0.15, 0.2) is 0 Å². The Balaban J connectivity index is 1.81. The van der Waals surface area contributed by atoms with Crippen molar-refractivity contribution in [2.45, 2.75) is 6.42 Å². The van der Waals surface area contributed by atoms with E-state index in [0.717, 1.165) is 33.5 Å². The minimum absolute atomic E-state index is 0.233. The van der Waals surface area contributed by atoms with Crippen LogP contribution in [0.25, 0.3) is 11.0 Å². The van der Waals surface area contributed by atoms with E-state index in [-0.39, 0.29) is 5.69 Å². The highest BCUT2D eigenvalue weighted by Gasteiger charge is 2.11. The average molecular weight is 384 g/mol. The van der Waals surface area contributed by atoms with Crippen molar-refractivity contribution >= 4 is 45.6 Å². The molecule has 0 aliphatic rings. The number of rotatable bonds is 4. The van der Waals surface area contributed by atoms with Crippen LogP contribution in [0.15, 0.2) is 65.5 Å². The number of imidazole rings is 1. The van der Waals surface area contributed by atoms with Crippen LogP contribution in [0.5, 0.6) is 0 Å². The molecule has 0 spiro atoms. The molecule has 1 heterocycles. The van der Waals surface area contributed by atoms with E-state index >= 15 is 0 Å². The monoisotopic (exact) mass is 383 g/mol. The van der Waals surface area contributed by atoms with E-state index in [0.29, 0.717) is 16.5 Å². The lowest BCUT2D eigenvalue weighted by molar-refractivity contribution is 1.19. The number of hydrogen-bond donors (Lipinski definition) is 3. The molecule has 0 aliphatic heterocycles. The summed E-state index contributed by atoms with van der Waals surface area (Å²) in [7, 11) is 0. The van der Waals surface area contributed by atoms with Crippen LogP contribution >= 0.6 is 23.2 Å². The van der Waals surface area contributed by atoms with Crippen molar-refractivity contribution in [2.75, 3.05) is 5.32 Å². The lowest BCUT2D eigenvalue weighted by atomic mass is 10.0. The Hall–Kier alpha value is -2.69. The maximum Gasteiger partial charge on any atom is 0.323 e. The van der Waals surface area contributed by atoms with Gasteiger partial charge in [-0.1, -0.05) is 41.4 Å². The van der Waals surface area contributed by atoms with Crippen LogP contribution < -0.4 is 11.0 Å². The van der Waals surface area contributed by atoms with Gasteiger partial charge in [0.1, 0.15) is 0 Å². The molecule has 0 radical (unpaired) electrons. The molecule has 0 saturated carbocycles. The molecule has 4 aromatic rings. The maximum atomic E-state index is 11.7. The Kier molecular flexibility index (Phi) is 4.45. The molecule has 4 rings (SSSR count). The molecule has 0 unspecified atom stereocenters. The summed E-state index contributed by atoms with van der Waals surface area (Å²) in [5, 5.41) is 4.71. The number of nitrogens with one attached hydrogen (secondary N) is 3. The summed E-state index contributed by atoms with van der Waals surface area (Å²) in [4.78, 5) is 17.3. The fourth-order valence-corrected chi connectivity index (χ4v) is 3.33. The van der Waals surface area contributed by atoms with Gasteiger partial charge in [0.25, 0.3) is 0 Å². The van der Waals surface area contributed by atoms with E-state index in [1.807, 2.05) is 48.5 Å². The Bertz CT molecular complexity index is 1130. The molecule has 3 aromatic carbocycles. The number of aromatic amines is 2. The Morgan fingerprint density at radius 1 is 0.846 bits per heavy atom. The number of benzene rings is 3. The molecule has 0 amide bonds. The van der Waals surface area contributed by atoms with Gasteiger partial charge in [-0.05, 0) is 53.6 Å². The third-order valence-corrected chi connectivity index (χ3v) is 4.79. The maximum absolute atomic E-state index is 11.7. The third kappa shape index (κ3) is 3.47. The fourth-order valence-electron chi connectivity index (χ4n) is 2.95. The molecule has 4 nitrogen and oxygen atoms in total. The van der Waals surface area contributed by atoms with E-state index in [1.54, 1.807) is 12.1 Å². The van der Waals surface area contributed by atoms with Gasteiger partial charge in [-0.25, -0.2) is 4.79 Å². The zero-order chi connectivity index (χ0) is 18.1. The third-order valence-electron chi connectivity index (χ3n) is 4.18. The van der Waals surface area contributed by atoms with Crippen molar-refractivity contribution in [2.24, 2.45) is 0 Å². The highest BCUT2D eigenvalue weighted by atomic mass is 35.5. The summed E-state index contributed by atoms with van der Waals surface area (Å²) in [6.45, 7) is 0. The zero-order valence-electron chi connectivity index (χ0n) is 13.6. The SMILES string of the molecule is O=c1[nH]c2cc(Cc3cc(Cl)ccc3Cl)c(Nc3ccccc3)cc2[nH]1. The van der Waals surface area contributed by atoms with Gasteiger partial charge in [0.05, 0.1) is 11.0 Å². The van der Waals surface area contributed by atoms with Gasteiger partial charge in [-0.15, -0.1) is 0 Å². The van der Waals surface area contributed by atoms with Gasteiger partial charge >= 0.3 is 5.69 Å². The molecule has 6 heteroatoms. The minimum atomic E-state index is -0.233. The van der Waals surface area contributed by atoms with E-state index in [4.69, 9.17) is 23.2 Å². The molecular formula is C20H15Cl2N3O. The topological polar surface area (TPSA) is 60.7 Å². The van der Waals surface area contributed by atoms with Crippen LogP contribution in [-0.2, 0) is 6.42 Å². The Morgan fingerprint density at radius 2 is 1.58 bits per heavy atom. The van der Waals surface area contributed by atoms with Crippen molar-refractivity contribution in [3.8, 4) is 0 Å². The molecule has 0 saturated heterocycles. The smallest absolute Gasteiger partial charge is 0.323 e. The van der Waals surface area contributed by atoms with Crippen molar-refractivity contribution in [3.05, 3.63) is 92.3 Å². The highest BCUT2D eigenvalue weighted by Crippen LogP contribution is 2.30. The van der Waals surface area contributed by atoms with E-state index < -0.39 is 0 Å². The summed E-state index contributed by atoms with van der Waals surface area (Å²) >= 11 is 12.5. The molecule has 26 heavy (non-hydrogen) atoms. The Labute approximate surface area is 159 Å². The molecule has 0 bridgehead atoms. The molecule has 0 fully saturated rings. The first-order chi connectivity index (χ1) is 12.6. The number of anilines is 2. The Morgan fingerprint density at radius 3 is 2.35 bits per heavy atom. The van der Waals surface area contributed by atoms with Gasteiger partial charge < -0.3 is 15.3 Å². The predicted octanol–water partition coefficient (Wildman–Crippen LogP) is 5.50. The second kappa shape index (κ2) is 6.90. The molecular weight excluding hydrogens is 369 g/mol. The van der Waals surface area contributed by atoms with Gasteiger partial charge in [0, 0.05) is 27.8 Å². The molecule has 0 aliphatic carbocycles. The van der Waals surface area contributed by atoms with Crippen LogP contribution in [0.1, 0.15) is 11.1 Å². The van der Waals surface area contributed by atoms with E-state index in [1.165, 1.54) is 0 Å². The lowest BCUT2D eigenvalue weighted by Crippen LogP contribution is -1.99. The van der Waals surface area contributed by atoms with Crippen LogP contribution in [0, 0.1) is 0 Å². The van der Waals surface area contributed by atoms with Crippen molar-refractivity contribution < 1.29 is 0 Å². The van der Waals surface area contributed by atoms with Crippen LogP contribution in [0.2, 0.25) is 10.0 Å². The zero-order valence-corrected chi connectivity index (χ0v) is 15.2. The first-order valence-corrected chi connectivity index (χ1v) is 8.85. The standard InChI is InChI=1S/C20H15Cl2N3O/c21-14-6-7-16(22)12(9-14)8-13-10-18-19(25-20(26)24-18)11-17(13)23-15-4-2-1-3-5-15/h1-7,9-11,23H,8H2,(H2,24,25,26). The molecule has 130 valence electrons. The van der Waals surface area contributed by atoms with E-state index in [2.05, 4.69) is 15.3 Å². The molecule has 1 aromatic heterocycles. The second-order valence-electron chi connectivity index (χ2n) is 6.04. The van der Waals surface area contributed by atoms with Gasteiger partial charge in [-0.3, -0.25) is 0 Å². The summed E-state index contributed by atoms with van der Waals surface area (Å²) in [6, 6.07) is 19.2. The summed E-state index contributed by atoms with van der Waals surface area (Å²) in [5.41, 5.74) is 5.05. The first kappa shape index (κ1) is 16.8. The van der Waals surface area contributed by atoms with Crippen LogP contribution in [-0.4, -0.2) is 9.97 Å². The van der Waals surface area contributed by atoms with Gasteiger partial charge in [0.2, 0.25) is 0 Å². The molecule has 3 N–H and O–H groups in total. The number of fused-ring (bicyclic) bond motifs is 1. The number of halogens is 2. The van der Waals surface area contributed by atoms with Crippen molar-refractivity contribution in [1.29, 1.82) is 0 Å². The highest BCUT2D eigenvalue weighted by molar-refractivity contribution is 6.33. The fraction of sp³-hybridized carbons (Fsp3) is 0.0500. The van der Waals surface area contributed by atoms with E-state index in [9.17, 15) is 4.79 Å². The van der Waals surface area contributed by atoms with Gasteiger partial charge in [-0.2, -0.15) is 0 Å². The number of H-pyrrole nitrogens is 2. The largest absolute Gasteiger partial charge is 0.355 e. The van der Waals surface area contributed by atoms with Crippen LogP contribution in [0.4, 0.5) is 11.4 Å². The normalized spacial score (nSPS) is 11.0. The predicted molar refractivity (Wildman–Crippen MR) is 108 cm³/mol. The lowest BCUT2D eigenvalue weighted by Gasteiger charge is -2.14. The summed E-state index contributed by atoms with van der Waals surface area (Å²) in [6.07, 6.45) is 0.581.